The molecule has 628 valence electrons. The third kappa shape index (κ3) is 33.6. The van der Waals surface area contributed by atoms with E-state index in [-0.39, 0.29) is 69.1 Å². The van der Waals surface area contributed by atoms with Gasteiger partial charge in [-0.1, -0.05) is 161 Å². The second-order valence-corrected chi connectivity index (χ2v) is 30.3. The maximum Gasteiger partial charge on any atom is 0.326 e. The number of aromatic amines is 1. The number of nitrogens with two attached hydrogens (primary N) is 2. The first-order valence-electron chi connectivity index (χ1n) is 39.5. The molecule has 0 saturated carbocycles. The van der Waals surface area contributed by atoms with Gasteiger partial charge in [0.05, 0.1) is 25.2 Å². The molecule has 13 amide bonds. The maximum absolute atomic E-state index is 14.2. The summed E-state index contributed by atoms with van der Waals surface area (Å²) in [6, 6.07) is -0.133. The molecule has 113 heavy (non-hydrogen) atoms. The van der Waals surface area contributed by atoms with Crippen molar-refractivity contribution in [3.8, 4) is 0 Å². The van der Waals surface area contributed by atoms with E-state index in [0.29, 0.717) is 56.2 Å². The van der Waals surface area contributed by atoms with Crippen LogP contribution in [0.25, 0.3) is 10.9 Å². The van der Waals surface area contributed by atoms with Crippen LogP contribution in [0.5, 0.6) is 0 Å². The molecule has 0 radical (unpaired) electrons. The van der Waals surface area contributed by atoms with Gasteiger partial charge < -0.3 is 100 Å². The third-order valence-electron chi connectivity index (χ3n) is 19.8. The molecule has 2 aromatic carbocycles. The first-order chi connectivity index (χ1) is 53.5. The number of unbranched alkanes of at least 4 members (excludes halogenated alkanes) is 11. The molecule has 14 atom stereocenters. The van der Waals surface area contributed by atoms with E-state index in [0.717, 1.165) is 68.7 Å². The monoisotopic (exact) mass is 1590 g/mol. The van der Waals surface area contributed by atoms with E-state index in [4.69, 9.17) is 11.5 Å². The highest BCUT2D eigenvalue weighted by atomic mass is 16.4. The standard InChI is InChI=1S/C79H122N14O20/c1-9-47(6)66(75(107)92-68(49(8)96)77(109)87-56(39-46(4)5)71(103)89-59(79(112)113)41-51-43-82-53-31-26-25-30-52(51)53)90-69(101)54(35-36-62(80)97)84-74(106)61-32-27-37-93(61)65(100)34-24-19-17-15-13-11-10-12-14-16-18-23-33-64(99)83-60(44-94)73(105)91-67(48(7)95)76(108)86-55(38-45(2)3)70(102)85-57(42-63(81)98)72(104)88-58(78(110)111)40-50-28-21-20-22-29-50/h20-22,25-26,28-31,43,45-49,54-61,66-68,82,94-96H,9-19,23-24,27,32-42,44H2,1-8H3,(H2,80,97)(H2,81,98)(H,83,99)(H,84,106)(H,85,102)(H,86,108)(H,87,109)(H,88,104)(H,89,103)(H,90,101)(H,91,105)(H,92,107)(H,110,111)(H,112,113)/t47-,48-,49+,54-,55+,56-,57+,58+,59-,60+,61-,66-,67+,68-/m0/s1. The molecule has 0 bridgehead atoms. The number of hydrogen-bond donors (Lipinski definition) is 18. The second-order valence-electron chi connectivity index (χ2n) is 30.3. The number of carbonyl (C=O) groups excluding carboxylic acids is 13. The van der Waals surface area contributed by atoms with Gasteiger partial charge in [0, 0.05) is 55.7 Å². The number of benzene rings is 2. The van der Waals surface area contributed by atoms with E-state index in [1.807, 2.05) is 18.2 Å². The van der Waals surface area contributed by atoms with E-state index in [9.17, 15) is 97.5 Å². The van der Waals surface area contributed by atoms with Crippen molar-refractivity contribution in [3.63, 3.8) is 0 Å². The highest BCUT2D eigenvalue weighted by Crippen LogP contribution is 2.23. The fourth-order valence-electron chi connectivity index (χ4n) is 13.3. The molecule has 4 rings (SSSR count). The van der Waals surface area contributed by atoms with Crippen LogP contribution in [0.15, 0.2) is 60.8 Å². The SMILES string of the molecule is CC[C@H](C)[C@H](NC(=O)[C@H](CCC(N)=O)NC(=O)[C@@H]1CCCN1C(=O)CCCCCCCCCCCCCCC(=O)N[C@H](CO)C(=O)N[C@@H](C(=O)N[C@H](CC(C)C)C(=O)N[C@H](CC(N)=O)C(=O)N[C@H](Cc1ccccc1)C(=O)O)[C@H](C)O)C(=O)N[C@H](C(=O)N[C@@H](CC(C)C)C(=O)N[C@@H](Cc1c[nH]c2ccccc12)C(=O)O)[C@@H](C)O. The molecule has 1 aliphatic heterocycles. The Morgan fingerprint density at radius 1 is 0.478 bits per heavy atom. The number of para-hydroxylation sites is 1. The summed E-state index contributed by atoms with van der Waals surface area (Å²) < 4.78 is 0. The van der Waals surface area contributed by atoms with Crippen LogP contribution in [0, 0.1) is 17.8 Å². The Bertz CT molecular complexity index is 3650. The largest absolute Gasteiger partial charge is 0.480 e. The van der Waals surface area contributed by atoms with Crippen molar-refractivity contribution in [1.29, 1.82) is 0 Å². The summed E-state index contributed by atoms with van der Waals surface area (Å²) in [5.74, 6) is -14.5. The van der Waals surface area contributed by atoms with E-state index in [1.165, 1.54) is 18.7 Å². The number of aliphatic hydroxyl groups excluding tert-OH is 3. The van der Waals surface area contributed by atoms with E-state index >= 15 is 0 Å². The third-order valence-corrected chi connectivity index (χ3v) is 19.8. The molecule has 1 aromatic heterocycles. The number of fused-ring (bicyclic) bond motifs is 1. The van der Waals surface area contributed by atoms with Gasteiger partial charge in [-0.3, -0.25) is 62.3 Å². The summed E-state index contributed by atoms with van der Waals surface area (Å²) in [5, 5.41) is 77.3. The molecule has 34 heteroatoms. The van der Waals surface area contributed by atoms with Crippen molar-refractivity contribution in [1.82, 2.24) is 63.1 Å². The minimum Gasteiger partial charge on any atom is -0.480 e. The fourth-order valence-corrected chi connectivity index (χ4v) is 13.3. The summed E-state index contributed by atoms with van der Waals surface area (Å²) in [6.07, 6.45) is 8.52. The summed E-state index contributed by atoms with van der Waals surface area (Å²) in [6.45, 7) is 12.3. The predicted octanol–water partition coefficient (Wildman–Crippen LogP) is 1.46. The first kappa shape index (κ1) is 95.3. The van der Waals surface area contributed by atoms with Crippen molar-refractivity contribution in [2.24, 2.45) is 29.2 Å². The van der Waals surface area contributed by atoms with Crippen LogP contribution in [0.1, 0.15) is 208 Å². The number of carbonyl (C=O) groups is 15. The van der Waals surface area contributed by atoms with Crippen LogP contribution in [-0.4, -0.2) is 216 Å². The van der Waals surface area contributed by atoms with Gasteiger partial charge >= 0.3 is 11.9 Å². The number of aliphatic carboxylic acids is 2. The number of carboxylic acids is 2. The fraction of sp³-hybridized carbons (Fsp3) is 0.633. The summed E-state index contributed by atoms with van der Waals surface area (Å²) in [7, 11) is 0. The zero-order chi connectivity index (χ0) is 84.0. The Hall–Kier alpha value is -10.1. The van der Waals surface area contributed by atoms with Crippen LogP contribution in [0.2, 0.25) is 0 Å². The van der Waals surface area contributed by atoms with Gasteiger partial charge in [-0.25, -0.2) is 9.59 Å². The number of primary amides is 2. The van der Waals surface area contributed by atoms with Crippen molar-refractivity contribution in [3.05, 3.63) is 71.9 Å². The number of hydrogen-bond acceptors (Lipinski definition) is 18. The molecule has 20 N–H and O–H groups in total. The number of rotatable bonds is 54. The molecule has 2 heterocycles. The molecule has 1 saturated heterocycles. The quantitative estimate of drug-likeness (QED) is 0.0356. The van der Waals surface area contributed by atoms with Crippen molar-refractivity contribution in [2.75, 3.05) is 13.2 Å². The molecule has 1 aliphatic rings. The first-order valence-corrected chi connectivity index (χ1v) is 39.5. The Morgan fingerprint density at radius 3 is 1.42 bits per heavy atom. The van der Waals surface area contributed by atoms with Gasteiger partial charge in [0.15, 0.2) is 0 Å². The van der Waals surface area contributed by atoms with Crippen molar-refractivity contribution in [2.45, 2.75) is 288 Å². The summed E-state index contributed by atoms with van der Waals surface area (Å²) >= 11 is 0. The summed E-state index contributed by atoms with van der Waals surface area (Å²) in [5.41, 5.74) is 12.9. The van der Waals surface area contributed by atoms with Gasteiger partial charge in [0.2, 0.25) is 76.8 Å². The topological polar surface area (TPSA) is 549 Å². The molecule has 3 aromatic rings. The van der Waals surface area contributed by atoms with Gasteiger partial charge in [-0.2, -0.15) is 0 Å². The number of nitrogens with one attached hydrogen (secondary N) is 11. The van der Waals surface area contributed by atoms with E-state index in [1.54, 1.807) is 84.1 Å². The van der Waals surface area contributed by atoms with E-state index in [2.05, 4.69) is 58.2 Å². The predicted molar refractivity (Wildman–Crippen MR) is 417 cm³/mol. The Morgan fingerprint density at radius 2 is 0.920 bits per heavy atom. The van der Waals surface area contributed by atoms with Crippen LogP contribution >= 0.6 is 0 Å². The molecule has 0 spiro atoms. The lowest BCUT2D eigenvalue weighted by molar-refractivity contribution is -0.143. The van der Waals surface area contributed by atoms with Gasteiger partial charge in [0.25, 0.3) is 0 Å². The van der Waals surface area contributed by atoms with E-state index < -0.39 is 180 Å². The smallest absolute Gasteiger partial charge is 0.326 e. The number of carboxylic acid groups (broad SMARTS) is 2. The zero-order valence-electron chi connectivity index (χ0n) is 66.4. The number of amides is 13. The van der Waals surface area contributed by atoms with Crippen LogP contribution in [-0.2, 0) is 84.8 Å². The second kappa shape index (κ2) is 49.4. The Balaban J connectivity index is 1.17. The lowest BCUT2D eigenvalue weighted by atomic mass is 9.96. The Kier molecular flexibility index (Phi) is 41.7. The van der Waals surface area contributed by atoms with Crippen LogP contribution in [0.4, 0.5) is 0 Å². The van der Waals surface area contributed by atoms with Gasteiger partial charge in [-0.15, -0.1) is 0 Å². The summed E-state index contributed by atoms with van der Waals surface area (Å²) in [4.78, 5) is 204. The van der Waals surface area contributed by atoms with Crippen LogP contribution < -0.4 is 64.6 Å². The molecular weight excluding hydrogens is 1460 g/mol. The van der Waals surface area contributed by atoms with Crippen molar-refractivity contribution < 1.29 is 97.5 Å². The normalized spacial score (nSPS) is 16.2. The average Bonchev–Trinajstić information content (AvgIpc) is 1.78. The minimum absolute atomic E-state index is 0.0327. The number of likely N-dealkylation sites (tertiary alicyclic amines) is 1. The van der Waals surface area contributed by atoms with Gasteiger partial charge in [0.1, 0.15) is 66.5 Å². The number of H-pyrrole nitrogens is 1. The highest BCUT2D eigenvalue weighted by Gasteiger charge is 2.41. The molecule has 0 aliphatic carbocycles. The lowest BCUT2D eigenvalue weighted by Gasteiger charge is -2.30. The number of aliphatic hydroxyl groups is 3. The molecule has 0 unspecified atom stereocenters. The van der Waals surface area contributed by atoms with Gasteiger partial charge in [-0.05, 0) is 93.7 Å². The molecule has 1 fully saturated rings. The number of nitrogens with zero attached hydrogens (tertiary/aromatic N) is 1. The lowest BCUT2D eigenvalue weighted by Crippen LogP contribution is -2.62. The highest BCUT2D eigenvalue weighted by molar-refractivity contribution is 6.00. The van der Waals surface area contributed by atoms with Crippen LogP contribution in [0.3, 0.4) is 0 Å². The number of aromatic nitrogens is 1. The molecular formula is C79H122N14O20. The Labute approximate surface area is 659 Å². The zero-order valence-corrected chi connectivity index (χ0v) is 66.4. The average molecular weight is 1590 g/mol. The maximum atomic E-state index is 14.2. The minimum atomic E-state index is -1.70. The molecule has 34 nitrogen and oxygen atoms in total. The van der Waals surface area contributed by atoms with Crippen molar-refractivity contribution >= 4 is 99.6 Å².